The molecule has 0 radical (unpaired) electrons. The lowest BCUT2D eigenvalue weighted by molar-refractivity contribution is -0.118. The molecule has 82 valence electrons. The number of aliphatic hydroxyl groups is 3. The zero-order valence-electron chi connectivity index (χ0n) is 7.80. The van der Waals surface area contributed by atoms with Gasteiger partial charge in [0.15, 0.2) is 0 Å². The zero-order chi connectivity index (χ0) is 11.0. The number of carbonyl (C=O) groups excluding carboxylic acids is 2. The highest BCUT2D eigenvalue weighted by molar-refractivity contribution is 5.56. The molecule has 3 N–H and O–H groups in total. The minimum Gasteiger partial charge on any atom is -0.394 e. The summed E-state index contributed by atoms with van der Waals surface area (Å²) in [6, 6.07) is 0. The van der Waals surface area contributed by atoms with Crippen molar-refractivity contribution in [1.29, 1.82) is 0 Å². The Bertz CT molecular complexity index is 162. The van der Waals surface area contributed by atoms with Crippen LogP contribution in [-0.2, 0) is 9.59 Å². The van der Waals surface area contributed by atoms with Crippen LogP contribution in [0, 0.1) is 0 Å². The van der Waals surface area contributed by atoms with Gasteiger partial charge in [-0.25, -0.2) is 0 Å². The van der Waals surface area contributed by atoms with Crippen molar-refractivity contribution in [2.45, 2.75) is 5.54 Å². The van der Waals surface area contributed by atoms with Gasteiger partial charge in [-0.05, 0) is 0 Å². The van der Waals surface area contributed by atoms with E-state index in [0.717, 1.165) is 0 Å². The molecule has 0 aromatic carbocycles. The Morgan fingerprint density at radius 3 is 1.50 bits per heavy atom. The maximum Gasteiger partial charge on any atom is 0.134 e. The molecule has 0 saturated carbocycles. The third kappa shape index (κ3) is 2.85. The molecule has 0 unspecified atom stereocenters. The molecule has 6 nitrogen and oxygen atoms in total. The summed E-state index contributed by atoms with van der Waals surface area (Å²) in [7, 11) is 0. The lowest BCUT2D eigenvalue weighted by Crippen LogP contribution is -2.58. The molecule has 0 spiro atoms. The molecular formula is C8H15NO5. The average Bonchev–Trinajstić information content (AvgIpc) is 2.22. The van der Waals surface area contributed by atoms with Crippen LogP contribution in [0.15, 0.2) is 0 Å². The first-order chi connectivity index (χ1) is 6.70. The van der Waals surface area contributed by atoms with Crippen LogP contribution in [0.1, 0.15) is 0 Å². The minimum absolute atomic E-state index is 0.125. The SMILES string of the molecule is O=CCN(CC=O)C(CO)(CO)CO. The molecule has 0 aliphatic rings. The number of nitrogens with zero attached hydrogens (tertiary/aromatic N) is 1. The van der Waals surface area contributed by atoms with Crippen molar-refractivity contribution < 1.29 is 24.9 Å². The summed E-state index contributed by atoms with van der Waals surface area (Å²) >= 11 is 0. The molecule has 0 rings (SSSR count). The molecule has 0 aromatic heterocycles. The van der Waals surface area contributed by atoms with Crippen LogP contribution >= 0.6 is 0 Å². The van der Waals surface area contributed by atoms with Gasteiger partial charge in [0.25, 0.3) is 0 Å². The first-order valence-electron chi connectivity index (χ1n) is 4.15. The summed E-state index contributed by atoms with van der Waals surface area (Å²) in [5.41, 5.74) is -1.32. The Morgan fingerprint density at radius 2 is 1.29 bits per heavy atom. The number of hydrogen-bond donors (Lipinski definition) is 3. The normalized spacial score (nSPS) is 11.7. The predicted molar refractivity (Wildman–Crippen MR) is 47.7 cm³/mol. The van der Waals surface area contributed by atoms with Crippen molar-refractivity contribution in [1.82, 2.24) is 4.90 Å². The molecule has 0 aliphatic heterocycles. The van der Waals surface area contributed by atoms with Crippen molar-refractivity contribution in [2.75, 3.05) is 32.9 Å². The monoisotopic (exact) mass is 205 g/mol. The smallest absolute Gasteiger partial charge is 0.134 e. The van der Waals surface area contributed by atoms with Crippen LogP contribution in [0.25, 0.3) is 0 Å². The van der Waals surface area contributed by atoms with Crippen molar-refractivity contribution >= 4 is 12.6 Å². The second-order valence-electron chi connectivity index (χ2n) is 2.94. The molecular weight excluding hydrogens is 190 g/mol. The van der Waals surface area contributed by atoms with Gasteiger partial charge in [-0.3, -0.25) is 4.90 Å². The van der Waals surface area contributed by atoms with Gasteiger partial charge < -0.3 is 24.9 Å². The number of carbonyl (C=O) groups is 2. The van der Waals surface area contributed by atoms with E-state index in [0.29, 0.717) is 12.6 Å². The second kappa shape index (κ2) is 6.61. The molecule has 0 bridgehead atoms. The number of aldehydes is 2. The summed E-state index contributed by atoms with van der Waals surface area (Å²) in [6.07, 6.45) is 1.08. The van der Waals surface area contributed by atoms with E-state index < -0.39 is 25.4 Å². The molecule has 0 atom stereocenters. The molecule has 0 aliphatic carbocycles. The maximum atomic E-state index is 10.3. The van der Waals surface area contributed by atoms with Crippen molar-refractivity contribution in [3.8, 4) is 0 Å². The largest absolute Gasteiger partial charge is 0.394 e. The van der Waals surface area contributed by atoms with Crippen LogP contribution in [0.2, 0.25) is 0 Å². The Balaban J connectivity index is 4.67. The fraction of sp³-hybridized carbons (Fsp3) is 0.750. The molecule has 0 saturated heterocycles. The topological polar surface area (TPSA) is 98.1 Å². The summed E-state index contributed by atoms with van der Waals surface area (Å²) in [5, 5.41) is 27.0. The lowest BCUT2D eigenvalue weighted by atomic mass is 10.0. The maximum absolute atomic E-state index is 10.3. The molecule has 6 heteroatoms. The van der Waals surface area contributed by atoms with Crippen molar-refractivity contribution in [3.05, 3.63) is 0 Å². The minimum atomic E-state index is -1.32. The van der Waals surface area contributed by atoms with Crippen molar-refractivity contribution in [3.63, 3.8) is 0 Å². The highest BCUT2D eigenvalue weighted by Gasteiger charge is 2.34. The third-order valence-electron chi connectivity index (χ3n) is 2.14. The summed E-state index contributed by atoms with van der Waals surface area (Å²) < 4.78 is 0. The summed E-state index contributed by atoms with van der Waals surface area (Å²) in [4.78, 5) is 21.8. The van der Waals surface area contributed by atoms with E-state index >= 15 is 0 Å². The van der Waals surface area contributed by atoms with E-state index in [4.69, 9.17) is 15.3 Å². The van der Waals surface area contributed by atoms with E-state index in [9.17, 15) is 9.59 Å². The zero-order valence-corrected chi connectivity index (χ0v) is 7.80. The number of hydrogen-bond acceptors (Lipinski definition) is 6. The number of rotatable bonds is 8. The van der Waals surface area contributed by atoms with Crippen LogP contribution in [0.3, 0.4) is 0 Å². The second-order valence-corrected chi connectivity index (χ2v) is 2.94. The highest BCUT2D eigenvalue weighted by Crippen LogP contribution is 2.12. The van der Waals surface area contributed by atoms with Crippen LogP contribution in [0.4, 0.5) is 0 Å². The Kier molecular flexibility index (Phi) is 6.22. The van der Waals surface area contributed by atoms with Gasteiger partial charge in [0.2, 0.25) is 0 Å². The van der Waals surface area contributed by atoms with Gasteiger partial charge in [0.1, 0.15) is 12.6 Å². The average molecular weight is 205 g/mol. The number of aliphatic hydroxyl groups excluding tert-OH is 3. The Labute approximate surface area is 81.8 Å². The molecule has 14 heavy (non-hydrogen) atoms. The van der Waals surface area contributed by atoms with Crippen LogP contribution in [-0.4, -0.2) is 71.2 Å². The van der Waals surface area contributed by atoms with E-state index in [-0.39, 0.29) is 13.1 Å². The van der Waals surface area contributed by atoms with Gasteiger partial charge in [0, 0.05) is 0 Å². The molecule has 0 aromatic rings. The fourth-order valence-corrected chi connectivity index (χ4v) is 1.09. The Morgan fingerprint density at radius 1 is 0.929 bits per heavy atom. The first-order valence-corrected chi connectivity index (χ1v) is 4.15. The van der Waals surface area contributed by atoms with Gasteiger partial charge >= 0.3 is 0 Å². The van der Waals surface area contributed by atoms with E-state index in [2.05, 4.69) is 0 Å². The van der Waals surface area contributed by atoms with E-state index in [1.54, 1.807) is 0 Å². The van der Waals surface area contributed by atoms with Gasteiger partial charge in [0.05, 0.1) is 38.4 Å². The first kappa shape index (κ1) is 13.2. The highest BCUT2D eigenvalue weighted by atomic mass is 16.3. The van der Waals surface area contributed by atoms with Crippen LogP contribution < -0.4 is 0 Å². The summed E-state index contributed by atoms with van der Waals surface area (Å²) in [6.45, 7) is -1.83. The quantitative estimate of drug-likeness (QED) is 0.376. The Hall–Kier alpha value is -0.820. The standard InChI is InChI=1S/C8H15NO5/c10-3-1-9(2-4-11)8(5-12,6-13)7-14/h3-4,12-14H,1-2,5-7H2. The van der Waals surface area contributed by atoms with Crippen molar-refractivity contribution in [2.24, 2.45) is 0 Å². The molecule has 0 heterocycles. The summed E-state index contributed by atoms with van der Waals surface area (Å²) in [5.74, 6) is 0. The predicted octanol–water partition coefficient (Wildman–Crippen LogP) is -2.60. The third-order valence-corrected chi connectivity index (χ3v) is 2.14. The lowest BCUT2D eigenvalue weighted by Gasteiger charge is -2.37. The molecule has 0 fully saturated rings. The van der Waals surface area contributed by atoms with Gasteiger partial charge in [-0.15, -0.1) is 0 Å². The fourth-order valence-electron chi connectivity index (χ4n) is 1.09. The molecule has 0 amide bonds. The van der Waals surface area contributed by atoms with E-state index in [1.165, 1.54) is 4.90 Å². The van der Waals surface area contributed by atoms with E-state index in [1.807, 2.05) is 0 Å². The van der Waals surface area contributed by atoms with Gasteiger partial charge in [-0.1, -0.05) is 0 Å². The van der Waals surface area contributed by atoms with Gasteiger partial charge in [-0.2, -0.15) is 0 Å². The van der Waals surface area contributed by atoms with Crippen LogP contribution in [0.5, 0.6) is 0 Å².